The van der Waals surface area contributed by atoms with E-state index in [2.05, 4.69) is 5.32 Å². The van der Waals surface area contributed by atoms with Crippen molar-refractivity contribution in [2.24, 2.45) is 0 Å². The molecule has 1 unspecified atom stereocenters. The zero-order chi connectivity index (χ0) is 14.4. The number of nitrogens with one attached hydrogen (secondary N) is 1. The summed E-state index contributed by atoms with van der Waals surface area (Å²) in [6.45, 7) is 4.03. The fourth-order valence-electron chi connectivity index (χ4n) is 2.91. The van der Waals surface area contributed by atoms with E-state index in [0.29, 0.717) is 13.2 Å². The van der Waals surface area contributed by atoms with E-state index in [4.69, 9.17) is 4.74 Å². The number of carbonyl (C=O) groups is 2. The van der Waals surface area contributed by atoms with Crippen molar-refractivity contribution in [3.05, 3.63) is 0 Å². The summed E-state index contributed by atoms with van der Waals surface area (Å²) in [6.07, 6.45) is 3.77. The highest BCUT2D eigenvalue weighted by atomic mass is 16.5. The first kappa shape index (κ1) is 15.3. The molecule has 0 radical (unpaired) electrons. The fourth-order valence-corrected chi connectivity index (χ4v) is 2.91. The third-order valence-electron chi connectivity index (χ3n) is 4.01. The Kier molecular flexibility index (Phi) is 5.79. The van der Waals surface area contributed by atoms with Gasteiger partial charge in [0.2, 0.25) is 11.8 Å². The summed E-state index contributed by atoms with van der Waals surface area (Å²) >= 11 is 0. The number of hydrogen-bond donors (Lipinski definition) is 1. The van der Waals surface area contributed by atoms with E-state index >= 15 is 0 Å². The van der Waals surface area contributed by atoms with Crippen LogP contribution in [0.2, 0.25) is 0 Å². The van der Waals surface area contributed by atoms with Gasteiger partial charge in [0.1, 0.15) is 6.04 Å². The number of piperidine rings is 1. The minimum absolute atomic E-state index is 0.113. The van der Waals surface area contributed by atoms with E-state index in [-0.39, 0.29) is 24.4 Å². The molecule has 0 aromatic rings. The summed E-state index contributed by atoms with van der Waals surface area (Å²) in [5.41, 5.74) is 0. The average Bonchev–Trinajstić information content (AvgIpc) is 2.47. The topological polar surface area (TPSA) is 61.9 Å². The van der Waals surface area contributed by atoms with Crippen molar-refractivity contribution in [3.63, 3.8) is 0 Å². The molecule has 6 nitrogen and oxygen atoms in total. The molecule has 0 spiro atoms. The molecule has 6 heteroatoms. The monoisotopic (exact) mass is 283 g/mol. The van der Waals surface area contributed by atoms with Crippen molar-refractivity contribution >= 4 is 11.8 Å². The second-order valence-electron chi connectivity index (χ2n) is 5.45. The van der Waals surface area contributed by atoms with Gasteiger partial charge in [0.05, 0.1) is 13.2 Å². The number of methoxy groups -OCH3 is 1. The number of rotatable bonds is 7. The number of amides is 2. The third kappa shape index (κ3) is 3.70. The van der Waals surface area contributed by atoms with E-state index in [1.807, 2.05) is 0 Å². The molecule has 2 rings (SSSR count). The second kappa shape index (κ2) is 7.59. The number of fused-ring (bicyclic) bond motifs is 1. The van der Waals surface area contributed by atoms with Crippen molar-refractivity contribution in [2.45, 2.75) is 31.7 Å². The Bertz CT molecular complexity index is 349. The molecule has 1 atom stereocenters. The second-order valence-corrected chi connectivity index (χ2v) is 5.45. The lowest BCUT2D eigenvalue weighted by molar-refractivity contribution is -0.157. The molecule has 2 aliphatic rings. The number of piperazine rings is 1. The van der Waals surface area contributed by atoms with Crippen molar-refractivity contribution in [1.82, 2.24) is 15.1 Å². The fraction of sp³-hybridized carbons (Fsp3) is 0.857. The molecule has 0 aliphatic carbocycles. The Labute approximate surface area is 120 Å². The van der Waals surface area contributed by atoms with Crippen LogP contribution in [0.25, 0.3) is 0 Å². The lowest BCUT2D eigenvalue weighted by atomic mass is 9.98. The Hall–Kier alpha value is -1.14. The van der Waals surface area contributed by atoms with Gasteiger partial charge in [0.15, 0.2) is 0 Å². The van der Waals surface area contributed by atoms with Gasteiger partial charge in [-0.2, -0.15) is 0 Å². The van der Waals surface area contributed by atoms with Crippen LogP contribution < -0.4 is 5.32 Å². The molecule has 2 amide bonds. The summed E-state index contributed by atoms with van der Waals surface area (Å²) in [4.78, 5) is 27.9. The van der Waals surface area contributed by atoms with Crippen LogP contribution >= 0.6 is 0 Å². The molecule has 2 heterocycles. The lowest BCUT2D eigenvalue weighted by Gasteiger charge is -2.42. The number of ether oxygens (including phenoxy) is 1. The smallest absolute Gasteiger partial charge is 0.245 e. The molecule has 0 aromatic heterocycles. The number of carbonyl (C=O) groups excluding carboxylic acids is 2. The van der Waals surface area contributed by atoms with Crippen molar-refractivity contribution in [3.8, 4) is 0 Å². The minimum atomic E-state index is -0.188. The standard InChI is InChI=1S/C14H25N3O3/c1-20-10-7-15-6-4-8-16-11-13(18)17-9-3-2-5-12(17)14(16)19/h12,15H,2-11H2,1H3. The van der Waals surface area contributed by atoms with Crippen molar-refractivity contribution in [2.75, 3.05) is 46.4 Å². The van der Waals surface area contributed by atoms with Crippen LogP contribution in [-0.4, -0.2) is 74.1 Å². The van der Waals surface area contributed by atoms with Gasteiger partial charge in [0.25, 0.3) is 0 Å². The summed E-state index contributed by atoms with van der Waals surface area (Å²) in [6, 6.07) is -0.188. The maximum atomic E-state index is 12.4. The van der Waals surface area contributed by atoms with E-state index in [1.54, 1.807) is 16.9 Å². The van der Waals surface area contributed by atoms with Gasteiger partial charge >= 0.3 is 0 Å². The highest BCUT2D eigenvalue weighted by Gasteiger charge is 2.39. The van der Waals surface area contributed by atoms with Crippen LogP contribution in [0.3, 0.4) is 0 Å². The Morgan fingerprint density at radius 2 is 2.15 bits per heavy atom. The SMILES string of the molecule is COCCNCCCN1CC(=O)N2CCCCC2C1=O. The average molecular weight is 283 g/mol. The predicted molar refractivity (Wildman–Crippen MR) is 75.3 cm³/mol. The zero-order valence-corrected chi connectivity index (χ0v) is 12.3. The molecule has 114 valence electrons. The van der Waals surface area contributed by atoms with Crippen LogP contribution in [0.15, 0.2) is 0 Å². The van der Waals surface area contributed by atoms with Gasteiger partial charge in [-0.05, 0) is 32.2 Å². The third-order valence-corrected chi connectivity index (χ3v) is 4.01. The maximum absolute atomic E-state index is 12.4. The number of hydrogen-bond acceptors (Lipinski definition) is 4. The largest absolute Gasteiger partial charge is 0.383 e. The van der Waals surface area contributed by atoms with Gasteiger partial charge in [-0.15, -0.1) is 0 Å². The van der Waals surface area contributed by atoms with Gasteiger partial charge in [-0.1, -0.05) is 0 Å². The number of nitrogens with zero attached hydrogens (tertiary/aromatic N) is 2. The molecule has 0 saturated carbocycles. The minimum Gasteiger partial charge on any atom is -0.383 e. The molecule has 20 heavy (non-hydrogen) atoms. The van der Waals surface area contributed by atoms with Crippen LogP contribution in [0.5, 0.6) is 0 Å². The van der Waals surface area contributed by atoms with Crippen LogP contribution in [0.4, 0.5) is 0 Å². The van der Waals surface area contributed by atoms with Gasteiger partial charge in [0, 0.05) is 26.7 Å². The quantitative estimate of drug-likeness (QED) is 0.659. The normalized spacial score (nSPS) is 23.1. The van der Waals surface area contributed by atoms with Gasteiger partial charge in [-0.25, -0.2) is 0 Å². The van der Waals surface area contributed by atoms with E-state index in [9.17, 15) is 9.59 Å². The molecule has 0 aromatic carbocycles. The van der Waals surface area contributed by atoms with Crippen molar-refractivity contribution in [1.29, 1.82) is 0 Å². The van der Waals surface area contributed by atoms with Gasteiger partial charge in [-0.3, -0.25) is 9.59 Å². The summed E-state index contributed by atoms with van der Waals surface area (Å²) in [7, 11) is 1.68. The van der Waals surface area contributed by atoms with Crippen LogP contribution in [-0.2, 0) is 14.3 Å². The summed E-state index contributed by atoms with van der Waals surface area (Å²) < 4.78 is 4.95. The summed E-state index contributed by atoms with van der Waals surface area (Å²) in [5.74, 6) is 0.253. The van der Waals surface area contributed by atoms with E-state index < -0.39 is 0 Å². The Morgan fingerprint density at radius 1 is 1.30 bits per heavy atom. The molecule has 2 aliphatic heterocycles. The molecular formula is C14H25N3O3. The summed E-state index contributed by atoms with van der Waals surface area (Å²) in [5, 5.41) is 3.25. The molecule has 1 N–H and O–H groups in total. The highest BCUT2D eigenvalue weighted by Crippen LogP contribution is 2.22. The molecular weight excluding hydrogens is 258 g/mol. The Balaban J connectivity index is 1.74. The first-order chi connectivity index (χ1) is 9.74. The van der Waals surface area contributed by atoms with Crippen LogP contribution in [0.1, 0.15) is 25.7 Å². The molecule has 2 fully saturated rings. The lowest BCUT2D eigenvalue weighted by Crippen LogP contribution is -2.61. The Morgan fingerprint density at radius 3 is 2.95 bits per heavy atom. The van der Waals surface area contributed by atoms with E-state index in [0.717, 1.165) is 45.3 Å². The van der Waals surface area contributed by atoms with Crippen molar-refractivity contribution < 1.29 is 14.3 Å². The predicted octanol–water partition coefficient (Wildman–Crippen LogP) is -0.164. The first-order valence-electron chi connectivity index (χ1n) is 7.52. The van der Waals surface area contributed by atoms with E-state index in [1.165, 1.54) is 0 Å². The molecule has 2 saturated heterocycles. The van der Waals surface area contributed by atoms with Crippen LogP contribution in [0, 0.1) is 0 Å². The highest BCUT2D eigenvalue weighted by molar-refractivity contribution is 5.95. The van der Waals surface area contributed by atoms with Gasteiger partial charge < -0.3 is 19.9 Å². The maximum Gasteiger partial charge on any atom is 0.245 e. The first-order valence-corrected chi connectivity index (χ1v) is 7.52. The molecule has 0 bridgehead atoms. The zero-order valence-electron chi connectivity index (χ0n) is 12.3.